The average molecular weight is 342 g/mol. The molecule has 0 aromatic heterocycles. The molecular weight excluding hydrogens is 320 g/mol. The summed E-state index contributed by atoms with van der Waals surface area (Å²) in [6, 6.07) is 9.59. The highest BCUT2D eigenvalue weighted by molar-refractivity contribution is 7.86. The van der Waals surface area contributed by atoms with E-state index in [4.69, 9.17) is 4.74 Å². The lowest BCUT2D eigenvalue weighted by Gasteiger charge is -2.46. The van der Waals surface area contributed by atoms with Crippen molar-refractivity contribution in [2.24, 2.45) is 0 Å². The molecule has 1 fully saturated rings. The smallest absolute Gasteiger partial charge is 0.338 e. The first-order valence-electron chi connectivity index (χ1n) is 7.44. The Morgan fingerprint density at radius 1 is 1.35 bits per heavy atom. The minimum atomic E-state index is -3.67. The van der Waals surface area contributed by atoms with E-state index >= 15 is 0 Å². The molecule has 0 aliphatic carbocycles. The van der Waals surface area contributed by atoms with E-state index in [0.29, 0.717) is 13.0 Å². The average Bonchev–Trinajstić information content (AvgIpc) is 2.48. The Hall–Kier alpha value is -1.48. The molecule has 1 heterocycles. The van der Waals surface area contributed by atoms with E-state index in [2.05, 4.69) is 0 Å². The Morgan fingerprint density at radius 3 is 2.48 bits per heavy atom. The van der Waals surface area contributed by atoms with Crippen LogP contribution in [0, 0.1) is 0 Å². The Labute approximate surface area is 136 Å². The molecule has 1 aliphatic heterocycles. The maximum Gasteiger partial charge on any atom is 0.338 e. The molecule has 0 radical (unpaired) electrons. The lowest BCUT2D eigenvalue weighted by molar-refractivity contribution is -0.181. The Bertz CT molecular complexity index is 641. The van der Waals surface area contributed by atoms with E-state index in [1.165, 1.54) is 11.4 Å². The first kappa shape index (κ1) is 17.9. The van der Waals surface area contributed by atoms with Crippen LogP contribution < -0.4 is 0 Å². The molecule has 7 nitrogen and oxygen atoms in total. The molecule has 0 spiro atoms. The van der Waals surface area contributed by atoms with Gasteiger partial charge in [0, 0.05) is 20.2 Å². The second-order valence-corrected chi connectivity index (χ2v) is 7.60. The Kier molecular flexibility index (Phi) is 5.41. The highest BCUT2D eigenvalue weighted by Crippen LogP contribution is 2.29. The largest absolute Gasteiger partial charge is 0.479 e. The Morgan fingerprint density at radius 2 is 1.96 bits per heavy atom. The number of likely N-dealkylation sites (N-methyl/N-ethyl adjacent to an activating group) is 1. The van der Waals surface area contributed by atoms with Gasteiger partial charge in [-0.1, -0.05) is 30.3 Å². The van der Waals surface area contributed by atoms with Crippen LogP contribution in [0.15, 0.2) is 30.3 Å². The number of carboxylic acids is 1. The van der Waals surface area contributed by atoms with Gasteiger partial charge < -0.3 is 9.84 Å². The van der Waals surface area contributed by atoms with Crippen molar-refractivity contribution in [3.05, 3.63) is 35.9 Å². The molecule has 1 N–H and O–H groups in total. The molecule has 1 aromatic rings. The van der Waals surface area contributed by atoms with E-state index in [1.54, 1.807) is 6.92 Å². The van der Waals surface area contributed by atoms with Crippen molar-refractivity contribution in [1.29, 1.82) is 0 Å². The van der Waals surface area contributed by atoms with Gasteiger partial charge in [-0.05, 0) is 18.9 Å². The van der Waals surface area contributed by atoms with Crippen LogP contribution in [-0.2, 0) is 26.2 Å². The predicted molar refractivity (Wildman–Crippen MR) is 85.3 cm³/mol. The fraction of sp³-hybridized carbons (Fsp3) is 0.533. The van der Waals surface area contributed by atoms with Crippen LogP contribution in [0.1, 0.15) is 12.5 Å². The first-order valence-corrected chi connectivity index (χ1v) is 8.84. The molecule has 8 heteroatoms. The number of nitrogens with zero attached hydrogens (tertiary/aromatic N) is 2. The highest BCUT2D eigenvalue weighted by Gasteiger charge is 2.55. The molecule has 1 aliphatic rings. The third-order valence-corrected chi connectivity index (χ3v) is 5.83. The number of hydrogen-bond acceptors (Lipinski definition) is 4. The summed E-state index contributed by atoms with van der Waals surface area (Å²) in [5.74, 6) is -1.13. The zero-order chi connectivity index (χ0) is 17.1. The summed E-state index contributed by atoms with van der Waals surface area (Å²) in [4.78, 5) is 11.3. The molecule has 2 rings (SSSR count). The van der Waals surface area contributed by atoms with Crippen LogP contribution in [0.2, 0.25) is 0 Å². The van der Waals surface area contributed by atoms with Gasteiger partial charge in [-0.2, -0.15) is 17.0 Å². The molecule has 0 atom stereocenters. The van der Waals surface area contributed by atoms with Crippen molar-refractivity contribution in [1.82, 2.24) is 8.61 Å². The van der Waals surface area contributed by atoms with Crippen molar-refractivity contribution < 1.29 is 23.1 Å². The third-order valence-electron chi connectivity index (χ3n) is 3.95. The monoisotopic (exact) mass is 342 g/mol. The molecule has 1 aromatic carbocycles. The van der Waals surface area contributed by atoms with E-state index in [0.717, 1.165) is 9.87 Å². The van der Waals surface area contributed by atoms with E-state index in [1.807, 2.05) is 30.3 Å². The summed E-state index contributed by atoms with van der Waals surface area (Å²) in [7, 11) is -2.17. The number of ether oxygens (including phenoxy) is 1. The molecule has 0 amide bonds. The van der Waals surface area contributed by atoms with Crippen molar-refractivity contribution in [3.8, 4) is 0 Å². The van der Waals surface area contributed by atoms with Gasteiger partial charge >= 0.3 is 5.97 Å². The normalized spacial score (nSPS) is 17.9. The summed E-state index contributed by atoms with van der Waals surface area (Å²) in [6.07, 6.45) is 0.597. The zero-order valence-corrected chi connectivity index (χ0v) is 14.1. The van der Waals surface area contributed by atoms with Gasteiger partial charge in [-0.3, -0.25) is 0 Å². The number of hydrogen-bond donors (Lipinski definition) is 1. The summed E-state index contributed by atoms with van der Waals surface area (Å²) in [5.41, 5.74) is -0.366. The molecule has 128 valence electrons. The van der Waals surface area contributed by atoms with Crippen molar-refractivity contribution >= 4 is 16.2 Å². The summed E-state index contributed by atoms with van der Waals surface area (Å²) < 4.78 is 32.5. The van der Waals surface area contributed by atoms with Gasteiger partial charge in [0.15, 0.2) is 5.60 Å². The molecule has 23 heavy (non-hydrogen) atoms. The predicted octanol–water partition coefficient (Wildman–Crippen LogP) is 0.581. The van der Waals surface area contributed by atoms with Gasteiger partial charge in [-0.25, -0.2) is 4.79 Å². The summed E-state index contributed by atoms with van der Waals surface area (Å²) >= 11 is 0. The van der Waals surface area contributed by atoms with Crippen LogP contribution in [0.25, 0.3) is 0 Å². The highest BCUT2D eigenvalue weighted by atomic mass is 32.2. The maximum atomic E-state index is 12.5. The molecule has 1 saturated heterocycles. The third kappa shape index (κ3) is 3.72. The molecular formula is C15H22N2O5S. The van der Waals surface area contributed by atoms with E-state index < -0.39 is 21.8 Å². The Balaban J connectivity index is 1.95. The first-order chi connectivity index (χ1) is 10.8. The van der Waals surface area contributed by atoms with Crippen molar-refractivity contribution in [3.63, 3.8) is 0 Å². The van der Waals surface area contributed by atoms with Gasteiger partial charge in [-0.15, -0.1) is 0 Å². The topological polar surface area (TPSA) is 87.1 Å². The molecule has 0 saturated carbocycles. The van der Waals surface area contributed by atoms with Crippen molar-refractivity contribution in [2.45, 2.75) is 18.9 Å². The van der Waals surface area contributed by atoms with Gasteiger partial charge in [0.1, 0.15) is 0 Å². The van der Waals surface area contributed by atoms with E-state index in [-0.39, 0.29) is 19.7 Å². The van der Waals surface area contributed by atoms with Crippen LogP contribution in [0.4, 0.5) is 0 Å². The lowest BCUT2D eigenvalue weighted by atomic mass is 9.97. The number of aliphatic carboxylic acids is 1. The van der Waals surface area contributed by atoms with E-state index in [9.17, 15) is 18.3 Å². The van der Waals surface area contributed by atoms with Crippen LogP contribution in [-0.4, -0.2) is 67.0 Å². The van der Waals surface area contributed by atoms with Gasteiger partial charge in [0.25, 0.3) is 10.2 Å². The summed E-state index contributed by atoms with van der Waals surface area (Å²) in [5, 5.41) is 9.23. The molecule has 0 bridgehead atoms. The van der Waals surface area contributed by atoms with Crippen molar-refractivity contribution in [2.75, 3.05) is 33.3 Å². The number of carboxylic acid groups (broad SMARTS) is 1. The lowest BCUT2D eigenvalue weighted by Crippen LogP contribution is -2.70. The van der Waals surface area contributed by atoms with Crippen LogP contribution >= 0.6 is 0 Å². The van der Waals surface area contributed by atoms with Gasteiger partial charge in [0.2, 0.25) is 0 Å². The molecule has 0 unspecified atom stereocenters. The number of rotatable bonds is 8. The minimum Gasteiger partial charge on any atom is -0.479 e. The quantitative estimate of drug-likeness (QED) is 0.747. The number of carbonyl (C=O) groups is 1. The fourth-order valence-electron chi connectivity index (χ4n) is 2.49. The second-order valence-electron chi connectivity index (χ2n) is 5.57. The zero-order valence-electron chi connectivity index (χ0n) is 13.3. The fourth-order valence-corrected chi connectivity index (χ4v) is 3.95. The minimum absolute atomic E-state index is 0.159. The number of benzene rings is 1. The SMILES string of the molecule is CCOC1(C(=O)O)CN(S(=O)(=O)N(C)CCc2ccccc2)C1. The summed E-state index contributed by atoms with van der Waals surface area (Å²) in [6.45, 7) is 1.93. The maximum absolute atomic E-state index is 12.5. The second kappa shape index (κ2) is 6.96. The van der Waals surface area contributed by atoms with Crippen LogP contribution in [0.3, 0.4) is 0 Å². The van der Waals surface area contributed by atoms with Crippen LogP contribution in [0.5, 0.6) is 0 Å². The van der Waals surface area contributed by atoms with Gasteiger partial charge in [0.05, 0.1) is 13.1 Å². The standard InChI is InChI=1S/C15H22N2O5S/c1-3-22-15(14(18)19)11-17(12-15)23(20,21)16(2)10-9-13-7-5-4-6-8-13/h4-8H,3,9-12H2,1-2H3,(H,18,19).